The van der Waals surface area contributed by atoms with Crippen molar-refractivity contribution in [1.29, 1.82) is 0 Å². The molecule has 0 aliphatic carbocycles. The van der Waals surface area contributed by atoms with Gasteiger partial charge in [0.05, 0.1) is 10.2 Å². The maximum Gasteiger partial charge on any atom is 0.317 e. The Bertz CT molecular complexity index is 1570. The number of pyridine rings is 1. The largest absolute Gasteiger partial charge is 0.507 e. The van der Waals surface area contributed by atoms with Gasteiger partial charge in [0.1, 0.15) is 23.6 Å². The highest BCUT2D eigenvalue weighted by Crippen LogP contribution is 2.43. The van der Waals surface area contributed by atoms with E-state index in [-0.39, 0.29) is 28.9 Å². The van der Waals surface area contributed by atoms with Crippen LogP contribution < -0.4 is 10.1 Å². The Kier molecular flexibility index (Phi) is 6.40. The molecular formula is C30H31BrFN5O2. The van der Waals surface area contributed by atoms with E-state index in [1.807, 2.05) is 24.3 Å². The average Bonchev–Trinajstić information content (AvgIpc) is 3.52. The van der Waals surface area contributed by atoms with Gasteiger partial charge in [0.25, 0.3) is 0 Å². The number of phenolic OH excluding ortho intramolecular Hbond substituents is 1. The second-order valence-corrected chi connectivity index (χ2v) is 12.1. The molecule has 3 aliphatic heterocycles. The van der Waals surface area contributed by atoms with Gasteiger partial charge in [0.15, 0.2) is 5.82 Å². The number of piperidine rings is 1. The highest BCUT2D eigenvalue weighted by molar-refractivity contribution is 9.10. The fourth-order valence-corrected chi connectivity index (χ4v) is 7.24. The lowest BCUT2D eigenvalue weighted by Gasteiger charge is -2.29. The third-order valence-electron chi connectivity index (χ3n) is 8.84. The summed E-state index contributed by atoms with van der Waals surface area (Å²) in [5.74, 6) is -0.304. The molecule has 2 aromatic heterocycles. The quantitative estimate of drug-likeness (QED) is 0.298. The van der Waals surface area contributed by atoms with Gasteiger partial charge < -0.3 is 20.1 Å². The van der Waals surface area contributed by atoms with Crippen molar-refractivity contribution in [2.75, 3.05) is 20.2 Å². The van der Waals surface area contributed by atoms with Crippen LogP contribution in [0.2, 0.25) is 0 Å². The van der Waals surface area contributed by atoms with Gasteiger partial charge in [-0.05, 0) is 79.5 Å². The molecule has 3 atom stereocenters. The van der Waals surface area contributed by atoms with Gasteiger partial charge in [-0.2, -0.15) is 9.97 Å². The van der Waals surface area contributed by atoms with Crippen molar-refractivity contribution in [3.8, 4) is 23.0 Å². The summed E-state index contributed by atoms with van der Waals surface area (Å²) in [4.78, 5) is 16.4. The second-order valence-electron chi connectivity index (χ2n) is 11.3. The van der Waals surface area contributed by atoms with Crippen LogP contribution in [-0.4, -0.2) is 63.3 Å². The minimum atomic E-state index is -0.525. The summed E-state index contributed by atoms with van der Waals surface area (Å²) in [5, 5.41) is 16.5. The number of phenols is 1. The molecule has 2 aromatic carbocycles. The molecule has 0 saturated carbocycles. The van der Waals surface area contributed by atoms with Crippen LogP contribution in [0.5, 0.6) is 11.8 Å². The number of likely N-dealkylation sites (tertiary alicyclic amines) is 1. The third-order valence-corrected chi connectivity index (χ3v) is 9.68. The molecule has 3 aliphatic rings. The minimum Gasteiger partial charge on any atom is -0.507 e. The zero-order valence-electron chi connectivity index (χ0n) is 21.8. The number of rotatable bonds is 5. The standard InChI is InChI=1S/C30H31BrFN5O2/c1-37-10-4-5-19(37)15-39-30-35-27(16-11-17-8-9-18(12-16)34-17)23-14-33-28(26(32)29(23)36-30)22-13-24(38)25(31)21-7-3-2-6-20(21)22/h2-3,6-7,13-14,16-19,34,38H,4-5,8-12,15H2,1H3/t16?,17?,18?,19-/m0/s1. The predicted octanol–water partition coefficient (Wildman–Crippen LogP) is 5.92. The zero-order valence-corrected chi connectivity index (χ0v) is 23.4. The Balaban J connectivity index is 1.36. The van der Waals surface area contributed by atoms with Crippen LogP contribution >= 0.6 is 15.9 Å². The topological polar surface area (TPSA) is 83.4 Å². The van der Waals surface area contributed by atoms with Gasteiger partial charge in [-0.3, -0.25) is 4.98 Å². The average molecular weight is 593 g/mol. The first kappa shape index (κ1) is 25.1. The molecule has 39 heavy (non-hydrogen) atoms. The van der Waals surface area contributed by atoms with Gasteiger partial charge >= 0.3 is 6.01 Å². The molecule has 5 heterocycles. The molecule has 3 saturated heterocycles. The van der Waals surface area contributed by atoms with E-state index in [4.69, 9.17) is 9.72 Å². The number of hydrogen-bond donors (Lipinski definition) is 2. The first-order valence-corrected chi connectivity index (χ1v) is 14.6. The van der Waals surface area contributed by atoms with Crippen molar-refractivity contribution in [3.63, 3.8) is 0 Å². The van der Waals surface area contributed by atoms with E-state index in [0.717, 1.165) is 48.7 Å². The maximum absolute atomic E-state index is 16.5. The Labute approximate surface area is 234 Å². The number of halogens is 2. The van der Waals surface area contributed by atoms with Crippen LogP contribution in [0.1, 0.15) is 50.1 Å². The van der Waals surface area contributed by atoms with Gasteiger partial charge in [0.2, 0.25) is 0 Å². The second kappa shape index (κ2) is 9.94. The Hall–Kier alpha value is -2.88. The van der Waals surface area contributed by atoms with E-state index in [1.165, 1.54) is 12.8 Å². The SMILES string of the molecule is CN1CCC[C@H]1COc1nc(C2CC3CCC(C2)N3)c2cnc(-c3cc(O)c(Br)c4ccccc34)c(F)c2n1. The van der Waals surface area contributed by atoms with Crippen molar-refractivity contribution in [2.24, 2.45) is 0 Å². The lowest BCUT2D eigenvalue weighted by molar-refractivity contribution is 0.187. The molecule has 4 aromatic rings. The van der Waals surface area contributed by atoms with Crippen LogP contribution in [0, 0.1) is 5.82 Å². The van der Waals surface area contributed by atoms with E-state index in [2.05, 4.69) is 43.2 Å². The van der Waals surface area contributed by atoms with E-state index < -0.39 is 5.82 Å². The summed E-state index contributed by atoms with van der Waals surface area (Å²) in [5.41, 5.74) is 1.71. The van der Waals surface area contributed by atoms with E-state index >= 15 is 4.39 Å². The van der Waals surface area contributed by atoms with E-state index in [9.17, 15) is 5.11 Å². The van der Waals surface area contributed by atoms with Gasteiger partial charge in [0, 0.05) is 46.6 Å². The Morgan fingerprint density at radius 2 is 1.87 bits per heavy atom. The number of nitrogens with zero attached hydrogens (tertiary/aromatic N) is 4. The Morgan fingerprint density at radius 1 is 1.10 bits per heavy atom. The predicted molar refractivity (Wildman–Crippen MR) is 153 cm³/mol. The van der Waals surface area contributed by atoms with Crippen molar-refractivity contribution in [1.82, 2.24) is 25.2 Å². The minimum absolute atomic E-state index is 0.0308. The number of hydrogen-bond acceptors (Lipinski definition) is 7. The molecule has 202 valence electrons. The van der Waals surface area contributed by atoms with Crippen LogP contribution in [0.3, 0.4) is 0 Å². The Morgan fingerprint density at radius 3 is 2.62 bits per heavy atom. The summed E-state index contributed by atoms with van der Waals surface area (Å²) >= 11 is 3.46. The monoisotopic (exact) mass is 591 g/mol. The zero-order chi connectivity index (χ0) is 26.7. The fraction of sp³-hybridized carbons (Fsp3) is 0.433. The number of likely N-dealkylation sites (N-methyl/N-ethyl adjacent to an activating group) is 1. The van der Waals surface area contributed by atoms with Gasteiger partial charge in [-0.25, -0.2) is 4.39 Å². The molecule has 0 radical (unpaired) electrons. The first-order chi connectivity index (χ1) is 19.0. The van der Waals surface area contributed by atoms with Crippen molar-refractivity contribution < 1.29 is 14.2 Å². The lowest BCUT2D eigenvalue weighted by Crippen LogP contribution is -2.37. The summed E-state index contributed by atoms with van der Waals surface area (Å²) in [6, 6.07) is 10.6. The van der Waals surface area contributed by atoms with E-state index in [0.29, 0.717) is 40.2 Å². The number of aromatic nitrogens is 3. The number of nitrogens with one attached hydrogen (secondary N) is 1. The number of benzene rings is 2. The molecule has 2 N–H and O–H groups in total. The van der Waals surface area contributed by atoms with Crippen LogP contribution in [0.15, 0.2) is 41.0 Å². The summed E-state index contributed by atoms with van der Waals surface area (Å²) in [6.45, 7) is 1.52. The third kappa shape index (κ3) is 4.44. The molecule has 0 amide bonds. The molecule has 7 rings (SSSR count). The van der Waals surface area contributed by atoms with Crippen molar-refractivity contribution in [3.05, 3.63) is 52.5 Å². The molecule has 3 fully saturated rings. The molecule has 0 spiro atoms. The van der Waals surface area contributed by atoms with Crippen LogP contribution in [-0.2, 0) is 0 Å². The molecule has 7 nitrogen and oxygen atoms in total. The first-order valence-electron chi connectivity index (χ1n) is 13.8. The molecular weight excluding hydrogens is 561 g/mol. The van der Waals surface area contributed by atoms with E-state index in [1.54, 1.807) is 12.3 Å². The smallest absolute Gasteiger partial charge is 0.317 e. The highest BCUT2D eigenvalue weighted by Gasteiger charge is 2.36. The number of aromatic hydroxyl groups is 1. The summed E-state index contributed by atoms with van der Waals surface area (Å²) < 4.78 is 23.2. The highest BCUT2D eigenvalue weighted by atomic mass is 79.9. The molecule has 2 bridgehead atoms. The van der Waals surface area contributed by atoms with Gasteiger partial charge in [-0.15, -0.1) is 0 Å². The van der Waals surface area contributed by atoms with Crippen LogP contribution in [0.25, 0.3) is 32.9 Å². The van der Waals surface area contributed by atoms with Crippen LogP contribution in [0.4, 0.5) is 4.39 Å². The fourth-order valence-electron chi connectivity index (χ4n) is 6.78. The normalized spacial score (nSPS) is 25.1. The molecule has 9 heteroatoms. The van der Waals surface area contributed by atoms with Crippen molar-refractivity contribution >= 4 is 37.6 Å². The lowest BCUT2D eigenvalue weighted by atomic mass is 9.88. The summed E-state index contributed by atoms with van der Waals surface area (Å²) in [7, 11) is 2.11. The van der Waals surface area contributed by atoms with Gasteiger partial charge in [-0.1, -0.05) is 24.3 Å². The summed E-state index contributed by atoms with van der Waals surface area (Å²) in [6.07, 6.45) is 8.16. The number of fused-ring (bicyclic) bond motifs is 4. The maximum atomic E-state index is 16.5. The molecule has 2 unspecified atom stereocenters. The van der Waals surface area contributed by atoms with Crippen molar-refractivity contribution in [2.45, 2.75) is 62.6 Å². The number of ether oxygens (including phenoxy) is 1.